The molecule has 2 saturated heterocycles. The molecule has 7 nitrogen and oxygen atoms in total. The minimum Gasteiger partial charge on any atom is -0.377 e. The maximum Gasteiger partial charge on any atom is 0.238 e. The van der Waals surface area contributed by atoms with Crippen LogP contribution in [0.3, 0.4) is 0 Å². The molecule has 3 rings (SSSR count). The van der Waals surface area contributed by atoms with Crippen LogP contribution in [0.1, 0.15) is 24.0 Å². The van der Waals surface area contributed by atoms with Crippen LogP contribution < -0.4 is 10.6 Å². The summed E-state index contributed by atoms with van der Waals surface area (Å²) in [5.74, 6) is 0.119. The van der Waals surface area contributed by atoms with Crippen molar-refractivity contribution in [2.45, 2.75) is 32.8 Å². The number of piperazine rings is 1. The van der Waals surface area contributed by atoms with Crippen LogP contribution in [-0.2, 0) is 14.3 Å². The Balaban J connectivity index is 0.00000225. The van der Waals surface area contributed by atoms with Crippen LogP contribution in [0.25, 0.3) is 0 Å². The molecule has 1 unspecified atom stereocenters. The van der Waals surface area contributed by atoms with Gasteiger partial charge in [0, 0.05) is 45.0 Å². The number of nitrogens with zero attached hydrogens (tertiary/aromatic N) is 2. The van der Waals surface area contributed by atoms with E-state index in [0.29, 0.717) is 26.2 Å². The first-order valence-corrected chi connectivity index (χ1v) is 10.2. The Hall–Kier alpha value is -1.38. The van der Waals surface area contributed by atoms with E-state index in [2.05, 4.69) is 15.5 Å². The number of hydrogen-bond acceptors (Lipinski definition) is 5. The van der Waals surface area contributed by atoms with Gasteiger partial charge in [0.1, 0.15) is 0 Å². The average molecular weight is 461 g/mol. The molecule has 0 bridgehead atoms. The number of carbonyl (C=O) groups is 2. The molecule has 1 aromatic rings. The Labute approximate surface area is 191 Å². The van der Waals surface area contributed by atoms with Crippen molar-refractivity contribution in [2.24, 2.45) is 0 Å². The van der Waals surface area contributed by atoms with E-state index in [0.717, 1.165) is 55.9 Å². The van der Waals surface area contributed by atoms with Crippen molar-refractivity contribution in [3.05, 3.63) is 29.3 Å². The minimum absolute atomic E-state index is 0. The second-order valence-electron chi connectivity index (χ2n) is 7.74. The summed E-state index contributed by atoms with van der Waals surface area (Å²) >= 11 is 0. The van der Waals surface area contributed by atoms with Gasteiger partial charge in [-0.3, -0.25) is 14.5 Å². The summed E-state index contributed by atoms with van der Waals surface area (Å²) in [6.45, 7) is 9.05. The Morgan fingerprint density at radius 1 is 1.10 bits per heavy atom. The number of benzene rings is 1. The molecule has 0 aromatic heterocycles. The molecule has 0 radical (unpaired) electrons. The molecular weight excluding hydrogens is 427 g/mol. The summed E-state index contributed by atoms with van der Waals surface area (Å²) in [4.78, 5) is 28.7. The second kappa shape index (κ2) is 13.1. The molecule has 0 aliphatic carbocycles. The number of carbonyl (C=O) groups excluding carboxylic acids is 2. The van der Waals surface area contributed by atoms with Crippen LogP contribution in [-0.4, -0.2) is 80.1 Å². The van der Waals surface area contributed by atoms with E-state index in [4.69, 9.17) is 4.74 Å². The molecule has 0 saturated carbocycles. The van der Waals surface area contributed by atoms with Crippen molar-refractivity contribution in [3.8, 4) is 0 Å². The fraction of sp³-hybridized carbons (Fsp3) is 0.619. The van der Waals surface area contributed by atoms with Crippen LogP contribution in [0.15, 0.2) is 18.2 Å². The molecule has 2 fully saturated rings. The predicted molar refractivity (Wildman–Crippen MR) is 124 cm³/mol. The normalized spacial score (nSPS) is 19.0. The summed E-state index contributed by atoms with van der Waals surface area (Å²) in [7, 11) is 0. The van der Waals surface area contributed by atoms with Gasteiger partial charge in [-0.1, -0.05) is 18.2 Å². The van der Waals surface area contributed by atoms with Crippen molar-refractivity contribution < 1.29 is 14.3 Å². The molecule has 0 spiro atoms. The van der Waals surface area contributed by atoms with Crippen LogP contribution in [0.5, 0.6) is 0 Å². The first-order valence-electron chi connectivity index (χ1n) is 10.2. The lowest BCUT2D eigenvalue weighted by Gasteiger charge is -2.34. The molecule has 2 aliphatic rings. The third-order valence-corrected chi connectivity index (χ3v) is 5.51. The largest absolute Gasteiger partial charge is 0.377 e. The Morgan fingerprint density at radius 3 is 2.37 bits per heavy atom. The minimum atomic E-state index is -0.00425. The lowest BCUT2D eigenvalue weighted by atomic mass is 10.1. The Kier molecular flexibility index (Phi) is 11.7. The number of ether oxygens (including phenoxy) is 1. The van der Waals surface area contributed by atoms with E-state index in [1.165, 1.54) is 0 Å². The molecule has 2 aliphatic heterocycles. The number of rotatable bonds is 7. The van der Waals surface area contributed by atoms with Crippen LogP contribution in [0.2, 0.25) is 0 Å². The summed E-state index contributed by atoms with van der Waals surface area (Å²) in [6.07, 6.45) is 2.43. The zero-order valence-electron chi connectivity index (χ0n) is 17.8. The number of halogens is 2. The number of amides is 2. The average Bonchev–Trinajstić information content (AvgIpc) is 3.19. The molecule has 2 amide bonds. The molecule has 1 aromatic carbocycles. The summed E-state index contributed by atoms with van der Waals surface area (Å²) in [6, 6.07) is 5.99. The van der Waals surface area contributed by atoms with Crippen molar-refractivity contribution in [1.82, 2.24) is 15.1 Å². The van der Waals surface area contributed by atoms with E-state index in [-0.39, 0.29) is 42.7 Å². The third kappa shape index (κ3) is 7.71. The number of para-hydroxylation sites is 1. The lowest BCUT2D eigenvalue weighted by Crippen LogP contribution is -2.52. The van der Waals surface area contributed by atoms with E-state index in [1.807, 2.05) is 36.9 Å². The molecule has 30 heavy (non-hydrogen) atoms. The lowest BCUT2D eigenvalue weighted by molar-refractivity contribution is -0.132. The second-order valence-corrected chi connectivity index (χ2v) is 7.74. The molecule has 1 atom stereocenters. The number of nitrogens with one attached hydrogen (secondary N) is 2. The first kappa shape index (κ1) is 26.7. The molecule has 170 valence electrons. The van der Waals surface area contributed by atoms with Crippen molar-refractivity contribution in [1.29, 1.82) is 0 Å². The maximum absolute atomic E-state index is 12.4. The van der Waals surface area contributed by atoms with Gasteiger partial charge < -0.3 is 20.3 Å². The molecule has 2 N–H and O–H groups in total. The molecular formula is C21H34Cl2N4O3. The van der Waals surface area contributed by atoms with Crippen molar-refractivity contribution in [3.63, 3.8) is 0 Å². The van der Waals surface area contributed by atoms with Gasteiger partial charge in [-0.05, 0) is 37.8 Å². The quantitative estimate of drug-likeness (QED) is 0.650. The SMILES string of the molecule is Cc1cccc(C)c1NC(=O)CN1CCN(C(=O)CNCC2CCCO2)CC1.Cl.Cl. The summed E-state index contributed by atoms with van der Waals surface area (Å²) in [5, 5.41) is 6.24. The van der Waals surface area contributed by atoms with E-state index < -0.39 is 0 Å². The fourth-order valence-electron chi connectivity index (χ4n) is 3.81. The van der Waals surface area contributed by atoms with Gasteiger partial charge in [-0.2, -0.15) is 0 Å². The topological polar surface area (TPSA) is 73.9 Å². The van der Waals surface area contributed by atoms with Gasteiger partial charge in [0.25, 0.3) is 0 Å². The van der Waals surface area contributed by atoms with Crippen LogP contribution in [0, 0.1) is 13.8 Å². The van der Waals surface area contributed by atoms with Gasteiger partial charge in [-0.25, -0.2) is 0 Å². The smallest absolute Gasteiger partial charge is 0.238 e. The number of hydrogen-bond donors (Lipinski definition) is 2. The fourth-order valence-corrected chi connectivity index (χ4v) is 3.81. The van der Waals surface area contributed by atoms with Crippen LogP contribution >= 0.6 is 24.8 Å². The monoisotopic (exact) mass is 460 g/mol. The highest BCUT2D eigenvalue weighted by molar-refractivity contribution is 5.93. The van der Waals surface area contributed by atoms with Gasteiger partial charge in [0.05, 0.1) is 19.2 Å². The van der Waals surface area contributed by atoms with Gasteiger partial charge in [-0.15, -0.1) is 24.8 Å². The van der Waals surface area contributed by atoms with Crippen LogP contribution in [0.4, 0.5) is 5.69 Å². The maximum atomic E-state index is 12.4. The van der Waals surface area contributed by atoms with E-state index in [1.54, 1.807) is 0 Å². The van der Waals surface area contributed by atoms with E-state index >= 15 is 0 Å². The van der Waals surface area contributed by atoms with E-state index in [9.17, 15) is 9.59 Å². The number of anilines is 1. The molecule has 9 heteroatoms. The zero-order valence-corrected chi connectivity index (χ0v) is 19.4. The highest BCUT2D eigenvalue weighted by atomic mass is 35.5. The van der Waals surface area contributed by atoms with Crippen molar-refractivity contribution >= 4 is 42.3 Å². The summed E-state index contributed by atoms with van der Waals surface area (Å²) in [5.41, 5.74) is 3.04. The number of aryl methyl sites for hydroxylation is 2. The third-order valence-electron chi connectivity index (χ3n) is 5.51. The van der Waals surface area contributed by atoms with Crippen molar-refractivity contribution in [2.75, 3.05) is 57.7 Å². The Morgan fingerprint density at radius 2 is 1.77 bits per heavy atom. The zero-order chi connectivity index (χ0) is 19.9. The van der Waals surface area contributed by atoms with Gasteiger partial charge in [0.15, 0.2) is 0 Å². The van der Waals surface area contributed by atoms with Gasteiger partial charge in [0.2, 0.25) is 11.8 Å². The summed E-state index contributed by atoms with van der Waals surface area (Å²) < 4.78 is 5.56. The predicted octanol–water partition coefficient (Wildman–Crippen LogP) is 2.00. The first-order chi connectivity index (χ1) is 13.5. The highest BCUT2D eigenvalue weighted by Gasteiger charge is 2.23. The highest BCUT2D eigenvalue weighted by Crippen LogP contribution is 2.19. The standard InChI is InChI=1S/C21H32N4O3.2ClH/c1-16-5-3-6-17(2)21(16)23-19(26)15-24-8-10-25(11-9-24)20(27)14-22-13-18-7-4-12-28-18;;/h3,5-6,18,22H,4,7-15H2,1-2H3,(H,23,26);2*1H. The molecule has 2 heterocycles. The Bertz CT molecular complexity index is 671. The van der Waals surface area contributed by atoms with Gasteiger partial charge >= 0.3 is 0 Å².